The van der Waals surface area contributed by atoms with Gasteiger partial charge in [0.1, 0.15) is 11.7 Å². The van der Waals surface area contributed by atoms with Crippen molar-refractivity contribution >= 4 is 23.4 Å². The minimum Gasteiger partial charge on any atom is -0.362 e. The second-order valence-corrected chi connectivity index (χ2v) is 8.73. The zero-order valence-electron chi connectivity index (χ0n) is 17.2. The number of rotatable bonds is 2. The van der Waals surface area contributed by atoms with E-state index in [4.69, 9.17) is 0 Å². The summed E-state index contributed by atoms with van der Waals surface area (Å²) in [6, 6.07) is 6.94. The monoisotopic (exact) mass is 398 g/mol. The van der Waals surface area contributed by atoms with Crippen molar-refractivity contribution in [2.75, 3.05) is 25.0 Å². The second kappa shape index (κ2) is 7.69. The largest absolute Gasteiger partial charge is 0.362 e. The zero-order chi connectivity index (χ0) is 20.6. The number of para-hydroxylation sites is 1. The number of nitrogens with zero attached hydrogens (tertiary/aromatic N) is 2. The molecule has 2 atom stereocenters. The number of fused-ring (bicyclic) bond motifs is 1. The molecule has 1 spiro atoms. The maximum absolute atomic E-state index is 13.0. The van der Waals surface area contributed by atoms with Crippen molar-refractivity contribution in [2.24, 2.45) is 5.92 Å². The number of likely N-dealkylation sites (tertiary alicyclic amines) is 2. The van der Waals surface area contributed by atoms with Crippen molar-refractivity contribution in [3.63, 3.8) is 0 Å². The van der Waals surface area contributed by atoms with Crippen molar-refractivity contribution in [1.82, 2.24) is 15.1 Å². The van der Waals surface area contributed by atoms with E-state index in [0.717, 1.165) is 31.6 Å². The molecule has 2 unspecified atom stereocenters. The number of hydrogen-bond donors (Lipinski definition) is 2. The van der Waals surface area contributed by atoms with E-state index in [2.05, 4.69) is 17.6 Å². The SMILES string of the molecule is CC1CCN(C(=O)C(C)N2CCC3(CCC2=O)NC(=O)c2ccccc2N3)CC1. The molecule has 0 bridgehead atoms. The molecule has 156 valence electrons. The molecule has 4 rings (SSSR count). The summed E-state index contributed by atoms with van der Waals surface area (Å²) in [6.07, 6.45) is 3.40. The first kappa shape index (κ1) is 19.7. The summed E-state index contributed by atoms with van der Waals surface area (Å²) < 4.78 is 0. The van der Waals surface area contributed by atoms with Gasteiger partial charge in [-0.25, -0.2) is 0 Å². The van der Waals surface area contributed by atoms with Crippen LogP contribution < -0.4 is 10.6 Å². The molecule has 7 nitrogen and oxygen atoms in total. The number of nitrogens with one attached hydrogen (secondary N) is 2. The van der Waals surface area contributed by atoms with Crippen LogP contribution in [0.4, 0.5) is 5.69 Å². The van der Waals surface area contributed by atoms with Crippen LogP contribution in [0.2, 0.25) is 0 Å². The van der Waals surface area contributed by atoms with Crippen LogP contribution in [0.3, 0.4) is 0 Å². The number of carbonyl (C=O) groups excluding carboxylic acids is 3. The Hall–Kier alpha value is -2.57. The summed E-state index contributed by atoms with van der Waals surface area (Å²) in [6.45, 7) is 6.02. The lowest BCUT2D eigenvalue weighted by molar-refractivity contribution is -0.145. The quantitative estimate of drug-likeness (QED) is 0.800. The van der Waals surface area contributed by atoms with Gasteiger partial charge in [0, 0.05) is 38.2 Å². The smallest absolute Gasteiger partial charge is 0.255 e. The number of anilines is 1. The van der Waals surface area contributed by atoms with E-state index in [9.17, 15) is 14.4 Å². The fraction of sp³-hybridized carbons (Fsp3) is 0.591. The molecule has 0 aliphatic carbocycles. The number of carbonyl (C=O) groups is 3. The van der Waals surface area contributed by atoms with E-state index in [0.29, 0.717) is 37.3 Å². The van der Waals surface area contributed by atoms with E-state index in [1.54, 1.807) is 11.0 Å². The third-order valence-corrected chi connectivity index (χ3v) is 6.68. The fourth-order valence-electron chi connectivity index (χ4n) is 4.67. The van der Waals surface area contributed by atoms with Gasteiger partial charge in [-0.05, 0) is 44.2 Å². The summed E-state index contributed by atoms with van der Waals surface area (Å²) >= 11 is 0. The predicted octanol–water partition coefficient (Wildman–Crippen LogP) is 2.20. The Bertz CT molecular complexity index is 818. The van der Waals surface area contributed by atoms with E-state index < -0.39 is 11.7 Å². The third kappa shape index (κ3) is 3.82. The van der Waals surface area contributed by atoms with Gasteiger partial charge in [-0.3, -0.25) is 14.4 Å². The maximum Gasteiger partial charge on any atom is 0.255 e. The summed E-state index contributed by atoms with van der Waals surface area (Å²) in [5.74, 6) is 0.542. The van der Waals surface area contributed by atoms with Crippen LogP contribution in [0.5, 0.6) is 0 Å². The highest BCUT2D eigenvalue weighted by Gasteiger charge is 2.42. The predicted molar refractivity (Wildman–Crippen MR) is 110 cm³/mol. The Kier molecular flexibility index (Phi) is 5.23. The molecule has 0 saturated carbocycles. The molecule has 1 aromatic rings. The van der Waals surface area contributed by atoms with E-state index in [-0.39, 0.29) is 17.7 Å². The number of benzene rings is 1. The average Bonchev–Trinajstić information content (AvgIpc) is 2.87. The van der Waals surface area contributed by atoms with Gasteiger partial charge < -0.3 is 20.4 Å². The summed E-state index contributed by atoms with van der Waals surface area (Å²) in [4.78, 5) is 42.0. The Balaban J connectivity index is 1.47. The van der Waals surface area contributed by atoms with Crippen LogP contribution in [0.25, 0.3) is 0 Å². The molecular formula is C22H30N4O3. The van der Waals surface area contributed by atoms with Gasteiger partial charge in [-0.1, -0.05) is 19.1 Å². The molecule has 3 aliphatic heterocycles. The fourth-order valence-corrected chi connectivity index (χ4v) is 4.67. The summed E-state index contributed by atoms with van der Waals surface area (Å²) in [5, 5.41) is 6.54. The van der Waals surface area contributed by atoms with Gasteiger partial charge >= 0.3 is 0 Å². The van der Waals surface area contributed by atoms with E-state index >= 15 is 0 Å². The molecule has 29 heavy (non-hydrogen) atoms. The first-order chi connectivity index (χ1) is 13.9. The Labute approximate surface area is 171 Å². The Morgan fingerprint density at radius 1 is 1.10 bits per heavy atom. The third-order valence-electron chi connectivity index (χ3n) is 6.68. The van der Waals surface area contributed by atoms with Crippen LogP contribution in [0.15, 0.2) is 24.3 Å². The maximum atomic E-state index is 13.0. The minimum atomic E-state index is -0.654. The lowest BCUT2D eigenvalue weighted by Gasteiger charge is -2.40. The normalized spacial score (nSPS) is 26.4. The van der Waals surface area contributed by atoms with Crippen molar-refractivity contribution in [2.45, 2.75) is 57.7 Å². The lowest BCUT2D eigenvalue weighted by atomic mass is 9.95. The van der Waals surface area contributed by atoms with Crippen LogP contribution in [0, 0.1) is 5.92 Å². The van der Waals surface area contributed by atoms with E-state index in [1.807, 2.05) is 30.0 Å². The van der Waals surface area contributed by atoms with Crippen LogP contribution in [-0.4, -0.2) is 58.9 Å². The van der Waals surface area contributed by atoms with Crippen molar-refractivity contribution in [1.29, 1.82) is 0 Å². The highest BCUT2D eigenvalue weighted by molar-refractivity contribution is 6.02. The molecule has 2 N–H and O–H groups in total. The average molecular weight is 399 g/mol. The Morgan fingerprint density at radius 2 is 1.83 bits per heavy atom. The second-order valence-electron chi connectivity index (χ2n) is 8.73. The van der Waals surface area contributed by atoms with Crippen molar-refractivity contribution < 1.29 is 14.4 Å². The molecule has 2 fully saturated rings. The molecule has 1 aromatic carbocycles. The van der Waals surface area contributed by atoms with Gasteiger partial charge in [0.15, 0.2) is 0 Å². The van der Waals surface area contributed by atoms with Crippen LogP contribution in [0.1, 0.15) is 56.3 Å². The standard InChI is InChI=1S/C22H30N4O3/c1-15-8-12-25(13-9-15)21(29)16(2)26-14-11-22(10-7-19(26)27)23-18-6-4-3-5-17(18)20(28)24-22/h3-6,15-16,23H,7-14H2,1-2H3,(H,24,28). The summed E-state index contributed by atoms with van der Waals surface area (Å²) in [5.41, 5.74) is 0.760. The van der Waals surface area contributed by atoms with Crippen LogP contribution in [-0.2, 0) is 9.59 Å². The van der Waals surface area contributed by atoms with Gasteiger partial charge in [0.25, 0.3) is 5.91 Å². The van der Waals surface area contributed by atoms with Gasteiger partial charge in [0.05, 0.1) is 5.56 Å². The zero-order valence-corrected chi connectivity index (χ0v) is 17.2. The summed E-state index contributed by atoms with van der Waals surface area (Å²) in [7, 11) is 0. The molecule has 0 aromatic heterocycles. The number of hydrogen-bond acceptors (Lipinski definition) is 4. The Morgan fingerprint density at radius 3 is 2.59 bits per heavy atom. The van der Waals surface area contributed by atoms with Crippen LogP contribution >= 0.6 is 0 Å². The van der Waals surface area contributed by atoms with Crippen molar-refractivity contribution in [3.05, 3.63) is 29.8 Å². The van der Waals surface area contributed by atoms with Gasteiger partial charge in [-0.2, -0.15) is 0 Å². The molecule has 3 amide bonds. The first-order valence-corrected chi connectivity index (χ1v) is 10.7. The molecular weight excluding hydrogens is 368 g/mol. The topological polar surface area (TPSA) is 81.8 Å². The number of piperidine rings is 1. The highest BCUT2D eigenvalue weighted by atomic mass is 16.2. The molecule has 3 aliphatic rings. The minimum absolute atomic E-state index is 0.0250. The molecule has 0 radical (unpaired) electrons. The lowest BCUT2D eigenvalue weighted by Crippen LogP contribution is -2.58. The van der Waals surface area contributed by atoms with Gasteiger partial charge in [-0.15, -0.1) is 0 Å². The molecule has 3 heterocycles. The number of amides is 3. The van der Waals surface area contributed by atoms with Gasteiger partial charge in [0.2, 0.25) is 11.8 Å². The first-order valence-electron chi connectivity index (χ1n) is 10.7. The van der Waals surface area contributed by atoms with Crippen molar-refractivity contribution in [3.8, 4) is 0 Å². The molecule has 2 saturated heterocycles. The molecule has 7 heteroatoms. The van der Waals surface area contributed by atoms with E-state index in [1.165, 1.54) is 0 Å². The highest BCUT2D eigenvalue weighted by Crippen LogP contribution is 2.32.